The summed E-state index contributed by atoms with van der Waals surface area (Å²) < 4.78 is 0. The molecule has 2 nitrogen and oxygen atoms in total. The first kappa shape index (κ1) is 14.9. The molecule has 1 rings (SSSR count). The maximum atomic E-state index is 9.27. The molecule has 0 aliphatic carbocycles. The normalized spacial score (nSPS) is 11.4. The lowest BCUT2D eigenvalue weighted by atomic mass is 9.81. The van der Waals surface area contributed by atoms with Gasteiger partial charge in [-0.05, 0) is 29.7 Å². The third-order valence-electron chi connectivity index (χ3n) is 3.66. The number of thioether (sulfide) groups is 1. The zero-order valence-corrected chi connectivity index (χ0v) is 12.7. The van der Waals surface area contributed by atoms with E-state index >= 15 is 0 Å². The van der Waals surface area contributed by atoms with Gasteiger partial charge in [0.05, 0.1) is 11.3 Å². The van der Waals surface area contributed by atoms with E-state index in [1.807, 2.05) is 24.5 Å². The van der Waals surface area contributed by atoms with Gasteiger partial charge >= 0.3 is 0 Å². The van der Waals surface area contributed by atoms with E-state index in [0.29, 0.717) is 5.92 Å². The van der Waals surface area contributed by atoms with E-state index in [9.17, 15) is 5.26 Å². The van der Waals surface area contributed by atoms with Crippen LogP contribution in [-0.4, -0.2) is 12.8 Å². The van der Waals surface area contributed by atoms with Gasteiger partial charge in [0.15, 0.2) is 0 Å². The summed E-state index contributed by atoms with van der Waals surface area (Å²) in [6.07, 6.45) is 2.00. The topological polar surface area (TPSA) is 35.8 Å². The highest BCUT2D eigenvalue weighted by molar-refractivity contribution is 7.98. The molecule has 1 aromatic carbocycles. The fraction of sp³-hybridized carbons (Fsp3) is 0.533. The molecular weight excluding hydrogens is 240 g/mol. The van der Waals surface area contributed by atoms with Crippen LogP contribution in [0.25, 0.3) is 0 Å². The fourth-order valence-electron chi connectivity index (χ4n) is 1.49. The van der Waals surface area contributed by atoms with E-state index in [4.69, 9.17) is 0 Å². The Hall–Kier alpha value is -1.14. The first-order chi connectivity index (χ1) is 8.42. The maximum Gasteiger partial charge on any atom is 0.102 e. The van der Waals surface area contributed by atoms with Crippen molar-refractivity contribution in [1.29, 1.82) is 5.26 Å². The van der Waals surface area contributed by atoms with E-state index in [2.05, 4.69) is 39.1 Å². The van der Waals surface area contributed by atoms with Gasteiger partial charge in [-0.1, -0.05) is 33.8 Å². The van der Waals surface area contributed by atoms with Crippen molar-refractivity contribution in [3.05, 3.63) is 23.8 Å². The Balaban J connectivity index is 2.90. The number of benzene rings is 1. The van der Waals surface area contributed by atoms with Gasteiger partial charge in [0.2, 0.25) is 0 Å². The second-order valence-corrected chi connectivity index (χ2v) is 6.34. The molecule has 3 heteroatoms. The number of rotatable bonds is 5. The monoisotopic (exact) mass is 262 g/mol. The third-order valence-corrected chi connectivity index (χ3v) is 4.44. The summed E-state index contributed by atoms with van der Waals surface area (Å²) in [7, 11) is 0. The Labute approximate surface area is 115 Å². The fourth-order valence-corrected chi connectivity index (χ4v) is 2.07. The zero-order valence-electron chi connectivity index (χ0n) is 11.9. The lowest BCUT2D eigenvalue weighted by molar-refractivity contribution is 0.269. The smallest absolute Gasteiger partial charge is 0.102 e. The van der Waals surface area contributed by atoms with E-state index in [-0.39, 0.29) is 5.41 Å². The molecule has 0 radical (unpaired) electrons. The van der Waals surface area contributed by atoms with Crippen LogP contribution in [0.3, 0.4) is 0 Å². The van der Waals surface area contributed by atoms with Gasteiger partial charge < -0.3 is 5.32 Å². The molecule has 0 atom stereocenters. The Morgan fingerprint density at radius 3 is 2.56 bits per heavy atom. The van der Waals surface area contributed by atoms with Gasteiger partial charge in [-0.3, -0.25) is 0 Å². The predicted octanol–water partition coefficient (Wildman–Crippen LogP) is 4.37. The highest BCUT2D eigenvalue weighted by Gasteiger charge is 2.22. The van der Waals surface area contributed by atoms with Crippen LogP contribution < -0.4 is 5.32 Å². The van der Waals surface area contributed by atoms with Gasteiger partial charge in [-0.25, -0.2) is 0 Å². The third kappa shape index (κ3) is 3.43. The number of nitrogens with zero attached hydrogens (tertiary/aromatic N) is 1. The Kier molecular flexibility index (Phi) is 5.10. The summed E-state index contributed by atoms with van der Waals surface area (Å²) in [6.45, 7) is 9.82. The Morgan fingerprint density at radius 2 is 2.06 bits per heavy atom. The molecule has 18 heavy (non-hydrogen) atoms. The van der Waals surface area contributed by atoms with Crippen molar-refractivity contribution in [2.24, 2.45) is 11.3 Å². The SMILES string of the molecule is CSc1cccc(NCC(C)(C)C(C)C)c1C#N. The van der Waals surface area contributed by atoms with Gasteiger partial charge in [0.25, 0.3) is 0 Å². The van der Waals surface area contributed by atoms with Gasteiger partial charge in [0.1, 0.15) is 6.07 Å². The summed E-state index contributed by atoms with van der Waals surface area (Å²) in [5.74, 6) is 0.597. The highest BCUT2D eigenvalue weighted by Crippen LogP contribution is 2.30. The molecule has 1 N–H and O–H groups in total. The molecule has 0 saturated heterocycles. The van der Waals surface area contributed by atoms with Gasteiger partial charge in [-0.15, -0.1) is 11.8 Å². The molecule has 0 aromatic heterocycles. The van der Waals surface area contributed by atoms with Crippen molar-refractivity contribution < 1.29 is 0 Å². The van der Waals surface area contributed by atoms with Gasteiger partial charge in [-0.2, -0.15) is 5.26 Å². The average Bonchev–Trinajstić information content (AvgIpc) is 2.35. The molecule has 1 aromatic rings. The molecule has 0 spiro atoms. The molecule has 0 heterocycles. The summed E-state index contributed by atoms with van der Waals surface area (Å²) in [6, 6.07) is 8.26. The van der Waals surface area contributed by atoms with Crippen LogP contribution in [0.1, 0.15) is 33.3 Å². The molecule has 0 aliphatic heterocycles. The molecule has 0 unspecified atom stereocenters. The number of anilines is 1. The molecular formula is C15H22N2S. The van der Waals surface area contributed by atoms with Crippen molar-refractivity contribution in [2.75, 3.05) is 18.1 Å². The molecule has 0 fully saturated rings. The minimum absolute atomic E-state index is 0.210. The van der Waals surface area contributed by atoms with Crippen LogP contribution in [0.4, 0.5) is 5.69 Å². The van der Waals surface area contributed by atoms with E-state index in [1.54, 1.807) is 11.8 Å². The van der Waals surface area contributed by atoms with Crippen LogP contribution >= 0.6 is 11.8 Å². The average molecular weight is 262 g/mol. The molecule has 0 bridgehead atoms. The first-order valence-corrected chi connectivity index (χ1v) is 7.46. The summed E-state index contributed by atoms with van der Waals surface area (Å²) in [4.78, 5) is 1.03. The number of nitrogens with one attached hydrogen (secondary N) is 1. The van der Waals surface area contributed by atoms with Crippen LogP contribution in [-0.2, 0) is 0 Å². The molecule has 98 valence electrons. The largest absolute Gasteiger partial charge is 0.383 e. The lowest BCUT2D eigenvalue weighted by Gasteiger charge is -2.30. The van der Waals surface area contributed by atoms with Crippen LogP contribution in [0.2, 0.25) is 0 Å². The van der Waals surface area contributed by atoms with Crippen molar-refractivity contribution in [1.82, 2.24) is 0 Å². The Bertz CT molecular complexity index is 444. The molecule has 0 saturated carbocycles. The van der Waals surface area contributed by atoms with E-state index in [0.717, 1.165) is 22.7 Å². The first-order valence-electron chi connectivity index (χ1n) is 6.23. The number of hydrogen-bond acceptors (Lipinski definition) is 3. The quantitative estimate of drug-likeness (QED) is 0.800. The molecule has 0 amide bonds. The summed E-state index contributed by atoms with van der Waals surface area (Å²) in [5.41, 5.74) is 1.91. The van der Waals surface area contributed by atoms with E-state index in [1.165, 1.54) is 0 Å². The van der Waals surface area contributed by atoms with Crippen LogP contribution in [0.5, 0.6) is 0 Å². The second kappa shape index (κ2) is 6.15. The highest BCUT2D eigenvalue weighted by atomic mass is 32.2. The number of nitriles is 1. The summed E-state index contributed by atoms with van der Waals surface area (Å²) in [5, 5.41) is 12.7. The van der Waals surface area contributed by atoms with Crippen LogP contribution in [0.15, 0.2) is 23.1 Å². The molecule has 0 aliphatic rings. The standard InChI is InChI=1S/C15H22N2S/c1-11(2)15(3,4)10-17-13-7-6-8-14(18-5)12(13)9-16/h6-8,11,17H,10H2,1-5H3. The second-order valence-electron chi connectivity index (χ2n) is 5.49. The Morgan fingerprint density at radius 1 is 1.39 bits per heavy atom. The predicted molar refractivity (Wildman–Crippen MR) is 80.0 cm³/mol. The van der Waals surface area contributed by atoms with Crippen molar-refractivity contribution in [3.8, 4) is 6.07 Å². The van der Waals surface area contributed by atoms with Gasteiger partial charge in [0, 0.05) is 11.4 Å². The van der Waals surface area contributed by atoms with E-state index < -0.39 is 0 Å². The van der Waals surface area contributed by atoms with Crippen molar-refractivity contribution >= 4 is 17.4 Å². The van der Waals surface area contributed by atoms with Crippen molar-refractivity contribution in [2.45, 2.75) is 32.6 Å². The minimum atomic E-state index is 0.210. The minimum Gasteiger partial charge on any atom is -0.383 e. The maximum absolute atomic E-state index is 9.27. The lowest BCUT2D eigenvalue weighted by Crippen LogP contribution is -2.28. The van der Waals surface area contributed by atoms with Crippen molar-refractivity contribution in [3.63, 3.8) is 0 Å². The summed E-state index contributed by atoms with van der Waals surface area (Å²) >= 11 is 1.61. The zero-order chi connectivity index (χ0) is 13.8. The number of hydrogen-bond donors (Lipinski definition) is 1. The van der Waals surface area contributed by atoms with Crippen LogP contribution in [0, 0.1) is 22.7 Å².